The number of carbonyl (C=O) groups excluding carboxylic acids is 1. The van der Waals surface area contributed by atoms with Crippen molar-refractivity contribution in [3.63, 3.8) is 0 Å². The fourth-order valence-electron chi connectivity index (χ4n) is 2.73. The summed E-state index contributed by atoms with van der Waals surface area (Å²) in [4.78, 5) is 14.2. The maximum Gasteiger partial charge on any atom is 0.257 e. The van der Waals surface area contributed by atoms with Gasteiger partial charge < -0.3 is 14.6 Å². The SMILES string of the molecule is O=C(c1coc(Br)c1)N1CCC2CCC(C1)N2. The summed E-state index contributed by atoms with van der Waals surface area (Å²) in [5.74, 6) is 0.0776. The summed E-state index contributed by atoms with van der Waals surface area (Å²) < 4.78 is 5.73. The van der Waals surface area contributed by atoms with Crippen LogP contribution in [0.3, 0.4) is 0 Å². The molecule has 1 amide bonds. The molecule has 4 nitrogen and oxygen atoms in total. The number of amides is 1. The number of likely N-dealkylation sites (tertiary alicyclic amines) is 1. The molecule has 0 radical (unpaired) electrons. The smallest absolute Gasteiger partial charge is 0.257 e. The van der Waals surface area contributed by atoms with Crippen molar-refractivity contribution in [1.29, 1.82) is 0 Å². The van der Waals surface area contributed by atoms with E-state index in [2.05, 4.69) is 21.2 Å². The minimum Gasteiger partial charge on any atom is -0.457 e. The van der Waals surface area contributed by atoms with Crippen LogP contribution < -0.4 is 5.32 Å². The van der Waals surface area contributed by atoms with Crippen molar-refractivity contribution in [3.8, 4) is 0 Å². The van der Waals surface area contributed by atoms with Gasteiger partial charge in [0, 0.05) is 31.2 Å². The molecule has 3 rings (SSSR count). The number of furan rings is 1. The topological polar surface area (TPSA) is 45.5 Å². The molecule has 0 aromatic carbocycles. The highest BCUT2D eigenvalue weighted by Crippen LogP contribution is 2.22. The Bertz CT molecular complexity index is 432. The first kappa shape index (κ1) is 11.3. The van der Waals surface area contributed by atoms with E-state index in [0.717, 1.165) is 19.5 Å². The Kier molecular flexibility index (Phi) is 2.96. The van der Waals surface area contributed by atoms with Gasteiger partial charge in [0.2, 0.25) is 0 Å². The second kappa shape index (κ2) is 4.46. The predicted molar refractivity (Wildman–Crippen MR) is 66.9 cm³/mol. The fraction of sp³-hybridized carbons (Fsp3) is 0.583. The Morgan fingerprint density at radius 1 is 1.41 bits per heavy atom. The second-order valence-electron chi connectivity index (χ2n) is 4.82. The van der Waals surface area contributed by atoms with Crippen molar-refractivity contribution in [3.05, 3.63) is 22.6 Å². The molecule has 2 atom stereocenters. The number of rotatable bonds is 1. The standard InChI is InChI=1S/C12H15BrN2O2/c13-11-5-8(7-17-11)12(16)15-4-3-9-1-2-10(6-15)14-9/h5,7,9-10,14H,1-4,6H2. The van der Waals surface area contributed by atoms with Crippen molar-refractivity contribution in [2.75, 3.05) is 13.1 Å². The van der Waals surface area contributed by atoms with E-state index in [-0.39, 0.29) is 5.91 Å². The van der Waals surface area contributed by atoms with E-state index < -0.39 is 0 Å². The fourth-order valence-corrected chi connectivity index (χ4v) is 3.07. The number of nitrogens with one attached hydrogen (secondary N) is 1. The summed E-state index contributed by atoms with van der Waals surface area (Å²) in [6, 6.07) is 2.81. The van der Waals surface area contributed by atoms with E-state index in [0.29, 0.717) is 22.3 Å². The van der Waals surface area contributed by atoms with Gasteiger partial charge >= 0.3 is 0 Å². The van der Waals surface area contributed by atoms with Crippen LogP contribution in [0.2, 0.25) is 0 Å². The number of nitrogens with zero attached hydrogens (tertiary/aromatic N) is 1. The van der Waals surface area contributed by atoms with Crippen LogP contribution in [-0.2, 0) is 0 Å². The zero-order valence-corrected chi connectivity index (χ0v) is 11.1. The van der Waals surface area contributed by atoms with Crippen LogP contribution in [0.25, 0.3) is 0 Å². The van der Waals surface area contributed by atoms with E-state index in [1.807, 2.05) is 4.90 Å². The summed E-state index contributed by atoms with van der Waals surface area (Å²) in [5.41, 5.74) is 0.634. The zero-order valence-electron chi connectivity index (χ0n) is 9.49. The molecule has 2 aliphatic rings. The van der Waals surface area contributed by atoms with Gasteiger partial charge in [0.05, 0.1) is 5.56 Å². The number of halogens is 1. The monoisotopic (exact) mass is 298 g/mol. The molecule has 2 saturated heterocycles. The number of fused-ring (bicyclic) bond motifs is 2. The molecule has 92 valence electrons. The highest BCUT2D eigenvalue weighted by atomic mass is 79.9. The van der Waals surface area contributed by atoms with Crippen molar-refractivity contribution in [1.82, 2.24) is 10.2 Å². The van der Waals surface area contributed by atoms with Gasteiger partial charge in [-0.05, 0) is 35.2 Å². The lowest BCUT2D eigenvalue weighted by Crippen LogP contribution is -2.38. The van der Waals surface area contributed by atoms with Crippen molar-refractivity contribution >= 4 is 21.8 Å². The van der Waals surface area contributed by atoms with E-state index in [9.17, 15) is 4.79 Å². The van der Waals surface area contributed by atoms with Crippen LogP contribution in [0.5, 0.6) is 0 Å². The van der Waals surface area contributed by atoms with Gasteiger partial charge in [0.15, 0.2) is 4.67 Å². The van der Waals surface area contributed by atoms with Crippen LogP contribution in [-0.4, -0.2) is 36.0 Å². The van der Waals surface area contributed by atoms with Gasteiger partial charge in [-0.15, -0.1) is 0 Å². The molecule has 1 N–H and O–H groups in total. The molecule has 0 saturated carbocycles. The lowest BCUT2D eigenvalue weighted by molar-refractivity contribution is 0.0747. The molecule has 0 spiro atoms. The van der Waals surface area contributed by atoms with E-state index in [1.54, 1.807) is 6.07 Å². The Hall–Kier alpha value is -0.810. The molecule has 2 bridgehead atoms. The van der Waals surface area contributed by atoms with Crippen molar-refractivity contribution < 1.29 is 9.21 Å². The summed E-state index contributed by atoms with van der Waals surface area (Å²) in [6.07, 6.45) is 5.01. The van der Waals surface area contributed by atoms with Gasteiger partial charge in [0.25, 0.3) is 5.91 Å². The maximum absolute atomic E-state index is 12.3. The first-order valence-electron chi connectivity index (χ1n) is 6.02. The maximum atomic E-state index is 12.3. The molecule has 0 aliphatic carbocycles. The van der Waals surface area contributed by atoms with Crippen LogP contribution >= 0.6 is 15.9 Å². The lowest BCUT2D eigenvalue weighted by atomic mass is 10.1. The van der Waals surface area contributed by atoms with Gasteiger partial charge in [-0.3, -0.25) is 4.79 Å². The quantitative estimate of drug-likeness (QED) is 0.863. The van der Waals surface area contributed by atoms with Gasteiger partial charge in [-0.1, -0.05) is 0 Å². The summed E-state index contributed by atoms with van der Waals surface area (Å²) in [6.45, 7) is 1.66. The molecule has 3 heterocycles. The molecular weight excluding hydrogens is 284 g/mol. The minimum atomic E-state index is 0.0776. The molecule has 1 aromatic rings. The number of carbonyl (C=O) groups is 1. The molecule has 17 heavy (non-hydrogen) atoms. The Balaban J connectivity index is 1.73. The van der Waals surface area contributed by atoms with Crippen LogP contribution in [0, 0.1) is 0 Å². The average molecular weight is 299 g/mol. The third-order valence-corrected chi connectivity index (χ3v) is 4.04. The van der Waals surface area contributed by atoms with Crippen molar-refractivity contribution in [2.45, 2.75) is 31.3 Å². The van der Waals surface area contributed by atoms with Gasteiger partial charge in [0.1, 0.15) is 6.26 Å². The lowest BCUT2D eigenvalue weighted by Gasteiger charge is -2.23. The summed E-state index contributed by atoms with van der Waals surface area (Å²) >= 11 is 3.22. The normalized spacial score (nSPS) is 28.2. The molecule has 2 unspecified atom stereocenters. The highest BCUT2D eigenvalue weighted by molar-refractivity contribution is 9.10. The Morgan fingerprint density at radius 3 is 3.00 bits per heavy atom. The average Bonchev–Trinajstić information content (AvgIpc) is 2.84. The molecule has 1 aromatic heterocycles. The van der Waals surface area contributed by atoms with E-state index >= 15 is 0 Å². The van der Waals surface area contributed by atoms with Crippen LogP contribution in [0.1, 0.15) is 29.6 Å². The second-order valence-corrected chi connectivity index (χ2v) is 5.60. The largest absolute Gasteiger partial charge is 0.457 e. The third-order valence-electron chi connectivity index (χ3n) is 3.62. The molecule has 5 heteroatoms. The Labute approximate surface area is 108 Å². The Morgan fingerprint density at radius 2 is 2.24 bits per heavy atom. The van der Waals surface area contributed by atoms with E-state index in [1.165, 1.54) is 19.1 Å². The first-order valence-corrected chi connectivity index (χ1v) is 6.81. The minimum absolute atomic E-state index is 0.0776. The summed E-state index contributed by atoms with van der Waals surface area (Å²) in [5, 5.41) is 3.57. The number of hydrogen-bond acceptors (Lipinski definition) is 3. The number of hydrogen-bond donors (Lipinski definition) is 1. The summed E-state index contributed by atoms with van der Waals surface area (Å²) in [7, 11) is 0. The predicted octanol–water partition coefficient (Wildman–Crippen LogP) is 2.01. The third kappa shape index (κ3) is 2.26. The molecule has 2 fully saturated rings. The van der Waals surface area contributed by atoms with Crippen LogP contribution in [0.15, 0.2) is 21.4 Å². The first-order chi connectivity index (χ1) is 8.22. The van der Waals surface area contributed by atoms with E-state index in [4.69, 9.17) is 4.42 Å². The zero-order chi connectivity index (χ0) is 11.8. The highest BCUT2D eigenvalue weighted by Gasteiger charge is 2.31. The van der Waals surface area contributed by atoms with Crippen molar-refractivity contribution in [2.24, 2.45) is 0 Å². The van der Waals surface area contributed by atoms with Gasteiger partial charge in [-0.2, -0.15) is 0 Å². The molecule has 2 aliphatic heterocycles. The van der Waals surface area contributed by atoms with Gasteiger partial charge in [-0.25, -0.2) is 0 Å². The molecular formula is C12H15BrN2O2. The van der Waals surface area contributed by atoms with Crippen LogP contribution in [0.4, 0.5) is 0 Å².